The molecule has 0 spiro atoms. The minimum Gasteiger partial charge on any atom is -0.390 e. The van der Waals surface area contributed by atoms with Gasteiger partial charge in [-0.15, -0.1) is 0 Å². The molecule has 0 radical (unpaired) electrons. The second-order valence-electron chi connectivity index (χ2n) is 6.03. The molecule has 1 aliphatic rings. The molecule has 0 aliphatic carbocycles. The maximum Gasteiger partial charge on any atom is 0.255 e. The Bertz CT molecular complexity index is 646. The first-order valence-corrected chi connectivity index (χ1v) is 9.47. The van der Waals surface area contributed by atoms with Crippen LogP contribution in [0.2, 0.25) is 0 Å². The number of likely N-dealkylation sites (tertiary alicyclic amines) is 1. The molecule has 1 aliphatic heterocycles. The van der Waals surface area contributed by atoms with Gasteiger partial charge in [0.25, 0.3) is 5.91 Å². The number of aliphatic hydroxyl groups is 1. The van der Waals surface area contributed by atoms with Crippen LogP contribution in [0.5, 0.6) is 0 Å². The van der Waals surface area contributed by atoms with Crippen molar-refractivity contribution in [1.82, 2.24) is 4.90 Å². The average molecular weight is 325 g/mol. The van der Waals surface area contributed by atoms with E-state index in [0.29, 0.717) is 25.9 Å². The molecule has 2 rings (SSSR count). The van der Waals surface area contributed by atoms with Gasteiger partial charge < -0.3 is 10.0 Å². The van der Waals surface area contributed by atoms with E-state index in [4.69, 9.17) is 0 Å². The largest absolute Gasteiger partial charge is 0.390 e. The maximum atomic E-state index is 12.6. The third-order valence-corrected chi connectivity index (χ3v) is 5.37. The van der Waals surface area contributed by atoms with Gasteiger partial charge in [0.05, 0.1) is 16.1 Å². The second-order valence-corrected chi connectivity index (χ2v) is 8.02. The van der Waals surface area contributed by atoms with Gasteiger partial charge in [-0.25, -0.2) is 8.42 Å². The molecule has 1 saturated heterocycles. The minimum atomic E-state index is -3.45. The fourth-order valence-corrected chi connectivity index (χ4v) is 3.86. The summed E-state index contributed by atoms with van der Waals surface area (Å²) in [5.41, 5.74) is -0.479. The van der Waals surface area contributed by atoms with Crippen molar-refractivity contribution in [2.24, 2.45) is 0 Å². The van der Waals surface area contributed by atoms with Crippen molar-refractivity contribution in [1.29, 1.82) is 0 Å². The molecule has 6 heteroatoms. The summed E-state index contributed by atoms with van der Waals surface area (Å²) in [6, 6.07) is 6.29. The van der Waals surface area contributed by atoms with Crippen molar-refractivity contribution >= 4 is 15.7 Å². The van der Waals surface area contributed by atoms with E-state index in [9.17, 15) is 18.3 Å². The first-order valence-electron chi connectivity index (χ1n) is 7.57. The predicted octanol–water partition coefficient (Wildman–Crippen LogP) is 1.86. The predicted molar refractivity (Wildman–Crippen MR) is 84.5 cm³/mol. The molecular formula is C16H23NO4S. The summed E-state index contributed by atoms with van der Waals surface area (Å²) < 4.78 is 23.6. The Morgan fingerprint density at radius 1 is 1.27 bits per heavy atom. The Morgan fingerprint density at radius 3 is 2.41 bits per heavy atom. The number of rotatable bonds is 4. The van der Waals surface area contributed by atoms with Crippen LogP contribution in [0.3, 0.4) is 0 Å². The topological polar surface area (TPSA) is 74.7 Å². The van der Waals surface area contributed by atoms with E-state index in [1.807, 2.05) is 6.92 Å². The molecule has 1 N–H and O–H groups in total. The number of benzene rings is 1. The Balaban J connectivity index is 2.18. The van der Waals surface area contributed by atoms with Crippen LogP contribution in [0.15, 0.2) is 29.2 Å². The molecule has 1 aromatic rings. The molecule has 5 nitrogen and oxygen atoms in total. The summed E-state index contributed by atoms with van der Waals surface area (Å²) >= 11 is 0. The van der Waals surface area contributed by atoms with Crippen LogP contribution in [-0.4, -0.2) is 49.3 Å². The van der Waals surface area contributed by atoms with E-state index in [1.165, 1.54) is 6.07 Å². The van der Waals surface area contributed by atoms with E-state index in [0.717, 1.165) is 19.1 Å². The molecule has 0 bridgehead atoms. The van der Waals surface area contributed by atoms with Crippen LogP contribution in [-0.2, 0) is 9.84 Å². The molecule has 1 amide bonds. The highest BCUT2D eigenvalue weighted by Crippen LogP contribution is 2.28. The van der Waals surface area contributed by atoms with Gasteiger partial charge in [0.2, 0.25) is 0 Å². The van der Waals surface area contributed by atoms with E-state index in [2.05, 4.69) is 0 Å². The fourth-order valence-electron chi connectivity index (χ4n) is 2.98. The molecule has 0 saturated carbocycles. The van der Waals surface area contributed by atoms with Gasteiger partial charge in [-0.2, -0.15) is 0 Å². The SMILES string of the molecule is CCCC1(O)CCN(C(=O)c2ccccc2S(C)(=O)=O)CC1. The van der Waals surface area contributed by atoms with Crippen LogP contribution in [0.1, 0.15) is 43.0 Å². The molecule has 22 heavy (non-hydrogen) atoms. The van der Waals surface area contributed by atoms with Crippen LogP contribution in [0.4, 0.5) is 0 Å². The van der Waals surface area contributed by atoms with Gasteiger partial charge in [0, 0.05) is 19.3 Å². The lowest BCUT2D eigenvalue weighted by Gasteiger charge is -2.38. The van der Waals surface area contributed by atoms with Crippen molar-refractivity contribution in [2.75, 3.05) is 19.3 Å². The van der Waals surface area contributed by atoms with Crippen molar-refractivity contribution in [3.8, 4) is 0 Å². The van der Waals surface area contributed by atoms with Gasteiger partial charge in [-0.1, -0.05) is 25.5 Å². The quantitative estimate of drug-likeness (QED) is 0.917. The molecule has 0 unspecified atom stereocenters. The summed E-state index contributed by atoms with van der Waals surface area (Å²) in [6.45, 7) is 2.93. The van der Waals surface area contributed by atoms with Crippen LogP contribution in [0, 0.1) is 0 Å². The summed E-state index contributed by atoms with van der Waals surface area (Å²) in [4.78, 5) is 14.3. The van der Waals surface area contributed by atoms with Gasteiger partial charge in [-0.05, 0) is 31.4 Å². The number of hydrogen-bond donors (Lipinski definition) is 1. The lowest BCUT2D eigenvalue weighted by atomic mass is 9.87. The molecule has 1 heterocycles. The normalized spacial score (nSPS) is 18.2. The van der Waals surface area contributed by atoms with Gasteiger partial charge in [-0.3, -0.25) is 4.79 Å². The number of piperidine rings is 1. The fraction of sp³-hybridized carbons (Fsp3) is 0.562. The number of carbonyl (C=O) groups is 1. The number of hydrogen-bond acceptors (Lipinski definition) is 4. The summed E-state index contributed by atoms with van der Waals surface area (Å²) in [5.74, 6) is -0.278. The highest BCUT2D eigenvalue weighted by Gasteiger charge is 2.34. The van der Waals surface area contributed by atoms with Crippen molar-refractivity contribution in [2.45, 2.75) is 43.1 Å². The summed E-state index contributed by atoms with van der Waals surface area (Å²) in [5, 5.41) is 10.4. The zero-order valence-electron chi connectivity index (χ0n) is 13.1. The van der Waals surface area contributed by atoms with Gasteiger partial charge >= 0.3 is 0 Å². The molecule has 1 aromatic carbocycles. The summed E-state index contributed by atoms with van der Waals surface area (Å²) in [6.07, 6.45) is 3.81. The molecule has 0 aromatic heterocycles. The van der Waals surface area contributed by atoms with Crippen molar-refractivity contribution in [3.63, 3.8) is 0 Å². The average Bonchev–Trinajstić information content (AvgIpc) is 2.46. The van der Waals surface area contributed by atoms with E-state index in [1.54, 1.807) is 23.1 Å². The van der Waals surface area contributed by atoms with Crippen LogP contribution < -0.4 is 0 Å². The first kappa shape index (κ1) is 17.0. The monoisotopic (exact) mass is 325 g/mol. The maximum absolute atomic E-state index is 12.6. The lowest BCUT2D eigenvalue weighted by molar-refractivity contribution is -0.0233. The minimum absolute atomic E-state index is 0.0643. The number of nitrogens with zero attached hydrogens (tertiary/aromatic N) is 1. The van der Waals surface area contributed by atoms with Gasteiger partial charge in [0.15, 0.2) is 9.84 Å². The smallest absolute Gasteiger partial charge is 0.255 e. The Hall–Kier alpha value is -1.40. The number of amides is 1. The standard InChI is InChI=1S/C16H23NO4S/c1-3-8-16(19)9-11-17(12-10-16)15(18)13-6-4-5-7-14(13)22(2,20)21/h4-7,19H,3,8-12H2,1-2H3. The van der Waals surface area contributed by atoms with E-state index in [-0.39, 0.29) is 16.4 Å². The summed E-state index contributed by atoms with van der Waals surface area (Å²) in [7, 11) is -3.45. The van der Waals surface area contributed by atoms with Crippen LogP contribution >= 0.6 is 0 Å². The highest BCUT2D eigenvalue weighted by molar-refractivity contribution is 7.90. The third kappa shape index (κ3) is 3.67. The lowest BCUT2D eigenvalue weighted by Crippen LogP contribution is -2.46. The molecule has 122 valence electrons. The zero-order chi connectivity index (χ0) is 16.4. The van der Waals surface area contributed by atoms with Crippen LogP contribution in [0.25, 0.3) is 0 Å². The van der Waals surface area contributed by atoms with Gasteiger partial charge in [0.1, 0.15) is 0 Å². The highest BCUT2D eigenvalue weighted by atomic mass is 32.2. The Morgan fingerprint density at radius 2 is 1.86 bits per heavy atom. The molecule has 0 atom stereocenters. The van der Waals surface area contributed by atoms with Crippen molar-refractivity contribution < 1.29 is 18.3 Å². The Kier molecular flexibility index (Phi) is 4.92. The number of sulfone groups is 1. The molecular weight excluding hydrogens is 302 g/mol. The first-order chi connectivity index (χ1) is 10.3. The molecule has 1 fully saturated rings. The third-order valence-electron chi connectivity index (χ3n) is 4.21. The Labute approximate surface area is 131 Å². The van der Waals surface area contributed by atoms with Crippen molar-refractivity contribution in [3.05, 3.63) is 29.8 Å². The zero-order valence-corrected chi connectivity index (χ0v) is 13.9. The van der Waals surface area contributed by atoms with E-state index < -0.39 is 15.4 Å². The number of carbonyl (C=O) groups excluding carboxylic acids is 1. The second kappa shape index (κ2) is 6.38. The van der Waals surface area contributed by atoms with E-state index >= 15 is 0 Å².